The number of nitrogens with zero attached hydrogens (tertiary/aromatic N) is 1. The highest BCUT2D eigenvalue weighted by atomic mass is 79.9. The number of hydrogen-bond acceptors (Lipinski definition) is 4. The Labute approximate surface area is 130 Å². The van der Waals surface area contributed by atoms with Crippen molar-refractivity contribution in [3.63, 3.8) is 0 Å². The number of aromatic hydroxyl groups is 1. The predicted octanol–water partition coefficient (Wildman–Crippen LogP) is 2.78. The molecule has 0 spiro atoms. The van der Waals surface area contributed by atoms with Crippen LogP contribution in [-0.4, -0.2) is 15.2 Å². The minimum absolute atomic E-state index is 0.0590. The summed E-state index contributed by atoms with van der Waals surface area (Å²) in [7, 11) is 0. The smallest absolute Gasteiger partial charge is 0.141 e. The number of aliphatic hydroxyl groups is 1. The Morgan fingerprint density at radius 2 is 2.05 bits per heavy atom. The van der Waals surface area contributed by atoms with Gasteiger partial charge < -0.3 is 15.5 Å². The summed E-state index contributed by atoms with van der Waals surface area (Å²) < 4.78 is 14.4. The standard InChI is InChI=1S/C15H16BrFN2O2/c1-9-15(21)13(11(8-20)6-19-9)7-18-5-10-4-12(16)2-3-14(10)17/h2-4,6,18,20-21H,5,7-8H2,1H3. The van der Waals surface area contributed by atoms with Crippen LogP contribution in [0.5, 0.6) is 5.75 Å². The molecule has 0 aliphatic heterocycles. The lowest BCUT2D eigenvalue weighted by Crippen LogP contribution is -2.16. The molecule has 0 unspecified atom stereocenters. The maximum atomic E-state index is 13.6. The van der Waals surface area contributed by atoms with Crippen LogP contribution < -0.4 is 5.32 Å². The average molecular weight is 355 g/mol. The molecule has 2 aromatic rings. The van der Waals surface area contributed by atoms with Crippen molar-refractivity contribution >= 4 is 15.9 Å². The number of halogens is 2. The van der Waals surface area contributed by atoms with Gasteiger partial charge in [0.25, 0.3) is 0 Å². The molecule has 1 heterocycles. The summed E-state index contributed by atoms with van der Waals surface area (Å²) >= 11 is 3.30. The number of rotatable bonds is 5. The molecule has 0 amide bonds. The maximum absolute atomic E-state index is 13.6. The van der Waals surface area contributed by atoms with Crippen molar-refractivity contribution in [3.05, 3.63) is 57.1 Å². The lowest BCUT2D eigenvalue weighted by molar-refractivity contribution is 0.278. The third-order valence-electron chi connectivity index (χ3n) is 3.23. The molecule has 2 rings (SSSR count). The Balaban J connectivity index is 2.10. The fourth-order valence-electron chi connectivity index (χ4n) is 2.02. The molecule has 0 saturated heterocycles. The molecule has 4 nitrogen and oxygen atoms in total. The minimum Gasteiger partial charge on any atom is -0.506 e. The average Bonchev–Trinajstić information content (AvgIpc) is 2.47. The summed E-state index contributed by atoms with van der Waals surface area (Å²) in [5.74, 6) is -0.230. The van der Waals surface area contributed by atoms with Crippen LogP contribution in [0.25, 0.3) is 0 Å². The van der Waals surface area contributed by atoms with Crippen LogP contribution in [0, 0.1) is 12.7 Å². The number of aliphatic hydroxyl groups excluding tert-OH is 1. The van der Waals surface area contributed by atoms with Crippen LogP contribution in [0.15, 0.2) is 28.9 Å². The van der Waals surface area contributed by atoms with E-state index in [0.717, 1.165) is 4.47 Å². The largest absolute Gasteiger partial charge is 0.506 e. The highest BCUT2D eigenvalue weighted by molar-refractivity contribution is 9.10. The number of pyridine rings is 1. The van der Waals surface area contributed by atoms with Gasteiger partial charge in [0.2, 0.25) is 0 Å². The second kappa shape index (κ2) is 6.98. The number of hydrogen-bond donors (Lipinski definition) is 3. The van der Waals surface area contributed by atoms with Crippen molar-refractivity contribution in [1.82, 2.24) is 10.3 Å². The molecule has 0 radical (unpaired) electrons. The van der Waals surface area contributed by atoms with E-state index < -0.39 is 0 Å². The van der Waals surface area contributed by atoms with Crippen molar-refractivity contribution < 1.29 is 14.6 Å². The molecule has 0 aliphatic carbocycles. The summed E-state index contributed by atoms with van der Waals surface area (Å²) in [6, 6.07) is 4.74. The first-order chi connectivity index (χ1) is 10.0. The number of aryl methyl sites for hydroxylation is 1. The molecule has 6 heteroatoms. The predicted molar refractivity (Wildman–Crippen MR) is 81.2 cm³/mol. The molecule has 0 atom stereocenters. The monoisotopic (exact) mass is 354 g/mol. The quantitative estimate of drug-likeness (QED) is 0.772. The molecule has 1 aromatic carbocycles. The molecule has 21 heavy (non-hydrogen) atoms. The number of benzene rings is 1. The van der Waals surface area contributed by atoms with E-state index in [1.807, 2.05) is 0 Å². The van der Waals surface area contributed by atoms with E-state index >= 15 is 0 Å². The molecule has 112 valence electrons. The van der Waals surface area contributed by atoms with Crippen molar-refractivity contribution in [2.75, 3.05) is 0 Å². The van der Waals surface area contributed by atoms with Gasteiger partial charge in [-0.3, -0.25) is 4.98 Å². The van der Waals surface area contributed by atoms with Crippen LogP contribution in [0.1, 0.15) is 22.4 Å². The van der Waals surface area contributed by atoms with Gasteiger partial charge in [0, 0.05) is 40.4 Å². The minimum atomic E-state index is -0.289. The second-order valence-electron chi connectivity index (χ2n) is 4.69. The maximum Gasteiger partial charge on any atom is 0.141 e. The molecule has 0 fully saturated rings. The zero-order chi connectivity index (χ0) is 15.4. The zero-order valence-electron chi connectivity index (χ0n) is 11.5. The van der Waals surface area contributed by atoms with E-state index in [9.17, 15) is 14.6 Å². The normalized spacial score (nSPS) is 10.9. The molecule has 3 N–H and O–H groups in total. The Kier molecular flexibility index (Phi) is 5.27. The lowest BCUT2D eigenvalue weighted by atomic mass is 10.1. The van der Waals surface area contributed by atoms with Crippen molar-refractivity contribution in [3.8, 4) is 5.75 Å². The lowest BCUT2D eigenvalue weighted by Gasteiger charge is -2.12. The van der Waals surface area contributed by atoms with Gasteiger partial charge in [-0.05, 0) is 25.1 Å². The third kappa shape index (κ3) is 3.78. The highest BCUT2D eigenvalue weighted by Crippen LogP contribution is 2.24. The topological polar surface area (TPSA) is 65.4 Å². The van der Waals surface area contributed by atoms with Crippen LogP contribution >= 0.6 is 15.9 Å². The molecular weight excluding hydrogens is 339 g/mol. The van der Waals surface area contributed by atoms with Crippen LogP contribution in [0.3, 0.4) is 0 Å². The Morgan fingerprint density at radius 3 is 2.76 bits per heavy atom. The first-order valence-electron chi connectivity index (χ1n) is 6.44. The molecule has 0 aliphatic rings. The molecule has 1 aromatic heterocycles. The summed E-state index contributed by atoms with van der Waals surface area (Å²) in [5, 5.41) is 22.4. The van der Waals surface area contributed by atoms with Crippen LogP contribution in [0.2, 0.25) is 0 Å². The fraction of sp³-hybridized carbons (Fsp3) is 0.267. The van der Waals surface area contributed by atoms with Gasteiger partial charge in [0.1, 0.15) is 11.6 Å². The highest BCUT2D eigenvalue weighted by Gasteiger charge is 2.11. The Bertz CT molecular complexity index is 650. The fourth-order valence-corrected chi connectivity index (χ4v) is 2.43. The third-order valence-corrected chi connectivity index (χ3v) is 3.72. The van der Waals surface area contributed by atoms with E-state index in [1.165, 1.54) is 12.3 Å². The summed E-state index contributed by atoms with van der Waals surface area (Å²) in [5.41, 5.74) is 2.17. The van der Waals surface area contributed by atoms with Crippen LogP contribution in [-0.2, 0) is 19.7 Å². The van der Waals surface area contributed by atoms with E-state index in [2.05, 4.69) is 26.2 Å². The van der Waals surface area contributed by atoms with Gasteiger partial charge in [0.15, 0.2) is 0 Å². The van der Waals surface area contributed by atoms with Crippen LogP contribution in [0.4, 0.5) is 4.39 Å². The Hall–Kier alpha value is -1.50. The van der Waals surface area contributed by atoms with Gasteiger partial charge in [-0.25, -0.2) is 4.39 Å². The Morgan fingerprint density at radius 1 is 1.29 bits per heavy atom. The number of nitrogens with one attached hydrogen (secondary N) is 1. The van der Waals surface area contributed by atoms with Crippen molar-refractivity contribution in [2.24, 2.45) is 0 Å². The second-order valence-corrected chi connectivity index (χ2v) is 5.61. The number of aromatic nitrogens is 1. The SMILES string of the molecule is Cc1ncc(CO)c(CNCc2cc(Br)ccc2F)c1O. The van der Waals surface area contributed by atoms with Gasteiger partial charge in [-0.2, -0.15) is 0 Å². The summed E-state index contributed by atoms with van der Waals surface area (Å²) in [6.07, 6.45) is 1.53. The van der Waals surface area contributed by atoms with E-state index in [0.29, 0.717) is 35.5 Å². The van der Waals surface area contributed by atoms with Gasteiger partial charge in [-0.15, -0.1) is 0 Å². The first kappa shape index (κ1) is 15.9. The molecule has 0 bridgehead atoms. The zero-order valence-corrected chi connectivity index (χ0v) is 13.1. The van der Waals surface area contributed by atoms with E-state index in [1.54, 1.807) is 19.1 Å². The summed E-state index contributed by atoms with van der Waals surface area (Å²) in [6.45, 7) is 2.12. The van der Waals surface area contributed by atoms with Gasteiger partial charge >= 0.3 is 0 Å². The van der Waals surface area contributed by atoms with E-state index in [-0.39, 0.29) is 18.2 Å². The van der Waals surface area contributed by atoms with Gasteiger partial charge in [-0.1, -0.05) is 15.9 Å². The van der Waals surface area contributed by atoms with Gasteiger partial charge in [0.05, 0.1) is 12.3 Å². The summed E-state index contributed by atoms with van der Waals surface area (Å²) in [4.78, 5) is 4.00. The van der Waals surface area contributed by atoms with Crippen molar-refractivity contribution in [1.29, 1.82) is 0 Å². The van der Waals surface area contributed by atoms with Crippen molar-refractivity contribution in [2.45, 2.75) is 26.6 Å². The molecular formula is C15H16BrFN2O2. The first-order valence-corrected chi connectivity index (χ1v) is 7.24. The molecule has 0 saturated carbocycles. The van der Waals surface area contributed by atoms with E-state index in [4.69, 9.17) is 0 Å².